The van der Waals surface area contributed by atoms with Crippen molar-refractivity contribution in [2.45, 2.75) is 12.5 Å². The SMILES string of the molecule is C#CCC(N)c1cccs1. The van der Waals surface area contributed by atoms with Crippen molar-refractivity contribution in [3.63, 3.8) is 0 Å². The molecule has 0 bridgehead atoms. The van der Waals surface area contributed by atoms with Gasteiger partial charge in [-0.3, -0.25) is 0 Å². The number of hydrogen-bond donors (Lipinski definition) is 1. The van der Waals surface area contributed by atoms with Gasteiger partial charge in [0.25, 0.3) is 0 Å². The van der Waals surface area contributed by atoms with Crippen LogP contribution in [0.25, 0.3) is 0 Å². The predicted octanol–water partition coefficient (Wildman–Crippen LogP) is 1.77. The summed E-state index contributed by atoms with van der Waals surface area (Å²) in [6.07, 6.45) is 5.74. The number of rotatable bonds is 2. The number of hydrogen-bond acceptors (Lipinski definition) is 2. The van der Waals surface area contributed by atoms with E-state index in [0.717, 1.165) is 4.88 Å². The smallest absolute Gasteiger partial charge is 0.0500 e. The van der Waals surface area contributed by atoms with Gasteiger partial charge in [-0.15, -0.1) is 23.7 Å². The molecule has 0 aliphatic carbocycles. The molecule has 1 aromatic heterocycles. The largest absolute Gasteiger partial charge is 0.322 e. The van der Waals surface area contributed by atoms with Crippen LogP contribution in [0.15, 0.2) is 17.5 Å². The maximum absolute atomic E-state index is 5.72. The van der Waals surface area contributed by atoms with Gasteiger partial charge >= 0.3 is 0 Å². The summed E-state index contributed by atoms with van der Waals surface area (Å²) in [5.74, 6) is 2.54. The predicted molar refractivity (Wildman–Crippen MR) is 44.7 cm³/mol. The molecule has 0 amide bonds. The minimum atomic E-state index is 0.0324. The van der Waals surface area contributed by atoms with Crippen LogP contribution in [-0.4, -0.2) is 0 Å². The lowest BCUT2D eigenvalue weighted by molar-refractivity contribution is 0.771. The highest BCUT2D eigenvalue weighted by atomic mass is 32.1. The minimum absolute atomic E-state index is 0.0324. The Labute approximate surface area is 64.9 Å². The number of thiophene rings is 1. The van der Waals surface area contributed by atoms with Gasteiger partial charge in [-0.2, -0.15) is 0 Å². The molecule has 2 heteroatoms. The molecule has 10 heavy (non-hydrogen) atoms. The van der Waals surface area contributed by atoms with E-state index in [2.05, 4.69) is 5.92 Å². The first kappa shape index (κ1) is 7.33. The maximum Gasteiger partial charge on any atom is 0.0500 e. The second-order valence-corrected chi connectivity index (χ2v) is 3.01. The van der Waals surface area contributed by atoms with Crippen LogP contribution in [0.2, 0.25) is 0 Å². The Bertz CT molecular complexity index is 220. The highest BCUT2D eigenvalue weighted by molar-refractivity contribution is 7.10. The van der Waals surface area contributed by atoms with E-state index in [0.29, 0.717) is 6.42 Å². The molecule has 52 valence electrons. The summed E-state index contributed by atoms with van der Waals surface area (Å²) in [5.41, 5.74) is 5.72. The summed E-state index contributed by atoms with van der Waals surface area (Å²) >= 11 is 1.65. The van der Waals surface area contributed by atoms with Gasteiger partial charge in [0.2, 0.25) is 0 Å². The van der Waals surface area contributed by atoms with Crippen molar-refractivity contribution in [2.24, 2.45) is 5.73 Å². The van der Waals surface area contributed by atoms with E-state index in [1.54, 1.807) is 11.3 Å². The van der Waals surface area contributed by atoms with Crippen LogP contribution < -0.4 is 5.73 Å². The lowest BCUT2D eigenvalue weighted by atomic mass is 10.2. The zero-order valence-electron chi connectivity index (χ0n) is 5.58. The first-order valence-electron chi connectivity index (χ1n) is 3.07. The molecule has 1 heterocycles. The average molecular weight is 151 g/mol. The molecule has 0 aliphatic rings. The highest BCUT2D eigenvalue weighted by Gasteiger charge is 2.02. The third-order valence-corrected chi connectivity index (χ3v) is 2.25. The average Bonchev–Trinajstić information content (AvgIpc) is 2.38. The third-order valence-electron chi connectivity index (χ3n) is 1.25. The Morgan fingerprint density at radius 2 is 2.60 bits per heavy atom. The second-order valence-electron chi connectivity index (χ2n) is 2.03. The summed E-state index contributed by atoms with van der Waals surface area (Å²) in [7, 11) is 0. The van der Waals surface area contributed by atoms with Crippen LogP contribution in [0.1, 0.15) is 17.3 Å². The minimum Gasteiger partial charge on any atom is -0.322 e. The van der Waals surface area contributed by atoms with Crippen molar-refractivity contribution >= 4 is 11.3 Å². The van der Waals surface area contributed by atoms with Crippen LogP contribution in [0.5, 0.6) is 0 Å². The molecule has 1 atom stereocenters. The van der Waals surface area contributed by atoms with Crippen LogP contribution in [0.4, 0.5) is 0 Å². The molecule has 0 fully saturated rings. The Morgan fingerprint density at radius 3 is 3.10 bits per heavy atom. The summed E-state index contributed by atoms with van der Waals surface area (Å²) in [6, 6.07) is 4.02. The van der Waals surface area contributed by atoms with E-state index in [1.807, 2.05) is 17.5 Å². The Morgan fingerprint density at radius 1 is 1.80 bits per heavy atom. The van der Waals surface area contributed by atoms with Gasteiger partial charge in [0.1, 0.15) is 0 Å². The summed E-state index contributed by atoms with van der Waals surface area (Å²) in [4.78, 5) is 1.16. The van der Waals surface area contributed by atoms with Crippen molar-refractivity contribution in [2.75, 3.05) is 0 Å². The zero-order chi connectivity index (χ0) is 7.40. The second kappa shape index (κ2) is 3.40. The van der Waals surface area contributed by atoms with E-state index in [1.165, 1.54) is 0 Å². The lowest BCUT2D eigenvalue weighted by Gasteiger charge is -2.02. The molecule has 0 aliphatic heterocycles. The van der Waals surface area contributed by atoms with Crippen molar-refractivity contribution in [3.8, 4) is 12.3 Å². The van der Waals surface area contributed by atoms with Crippen molar-refractivity contribution < 1.29 is 0 Å². The Kier molecular flexibility index (Phi) is 2.49. The molecule has 0 saturated carbocycles. The van der Waals surface area contributed by atoms with Crippen molar-refractivity contribution in [3.05, 3.63) is 22.4 Å². The molecule has 0 radical (unpaired) electrons. The van der Waals surface area contributed by atoms with Gasteiger partial charge in [0.05, 0.1) is 6.04 Å². The Balaban J connectivity index is 2.61. The van der Waals surface area contributed by atoms with Crippen molar-refractivity contribution in [1.82, 2.24) is 0 Å². The standard InChI is InChI=1S/C8H9NS/c1-2-4-7(9)8-5-3-6-10-8/h1,3,5-7H,4,9H2. The summed E-state index contributed by atoms with van der Waals surface area (Å²) in [5, 5.41) is 2.01. The van der Waals surface area contributed by atoms with Gasteiger partial charge in [-0.05, 0) is 11.4 Å². The molecular weight excluding hydrogens is 142 g/mol. The quantitative estimate of drug-likeness (QED) is 0.640. The number of terminal acetylenes is 1. The molecule has 2 N–H and O–H groups in total. The zero-order valence-corrected chi connectivity index (χ0v) is 6.40. The van der Waals surface area contributed by atoms with Gasteiger partial charge in [-0.25, -0.2) is 0 Å². The molecule has 0 saturated heterocycles. The third kappa shape index (κ3) is 1.60. The first-order chi connectivity index (χ1) is 4.84. The maximum atomic E-state index is 5.72. The topological polar surface area (TPSA) is 26.0 Å². The van der Waals surface area contributed by atoms with E-state index in [4.69, 9.17) is 12.2 Å². The molecule has 1 rings (SSSR count). The Hall–Kier alpha value is -0.780. The van der Waals surface area contributed by atoms with Gasteiger partial charge in [0, 0.05) is 11.3 Å². The van der Waals surface area contributed by atoms with Crippen LogP contribution >= 0.6 is 11.3 Å². The fourth-order valence-corrected chi connectivity index (χ4v) is 1.46. The monoisotopic (exact) mass is 151 g/mol. The van der Waals surface area contributed by atoms with Crippen LogP contribution in [0.3, 0.4) is 0 Å². The van der Waals surface area contributed by atoms with Crippen LogP contribution in [-0.2, 0) is 0 Å². The first-order valence-corrected chi connectivity index (χ1v) is 3.95. The van der Waals surface area contributed by atoms with Gasteiger partial charge in [-0.1, -0.05) is 6.07 Å². The number of nitrogens with two attached hydrogens (primary N) is 1. The van der Waals surface area contributed by atoms with Gasteiger partial charge in [0.15, 0.2) is 0 Å². The van der Waals surface area contributed by atoms with E-state index in [-0.39, 0.29) is 6.04 Å². The fraction of sp³-hybridized carbons (Fsp3) is 0.250. The van der Waals surface area contributed by atoms with Crippen molar-refractivity contribution in [1.29, 1.82) is 0 Å². The molecule has 1 nitrogen and oxygen atoms in total. The molecule has 1 aromatic rings. The lowest BCUT2D eigenvalue weighted by Crippen LogP contribution is -2.06. The van der Waals surface area contributed by atoms with E-state index in [9.17, 15) is 0 Å². The summed E-state index contributed by atoms with van der Waals surface area (Å²) < 4.78 is 0. The summed E-state index contributed by atoms with van der Waals surface area (Å²) in [6.45, 7) is 0. The van der Waals surface area contributed by atoms with Crippen LogP contribution in [0, 0.1) is 12.3 Å². The van der Waals surface area contributed by atoms with Gasteiger partial charge < -0.3 is 5.73 Å². The van der Waals surface area contributed by atoms with E-state index >= 15 is 0 Å². The van der Waals surface area contributed by atoms with E-state index < -0.39 is 0 Å². The fourth-order valence-electron chi connectivity index (χ4n) is 0.730. The molecule has 0 aromatic carbocycles. The molecular formula is C8H9NS. The molecule has 0 spiro atoms. The molecule has 1 unspecified atom stereocenters. The normalized spacial score (nSPS) is 12.4. The highest BCUT2D eigenvalue weighted by Crippen LogP contribution is 2.18.